The van der Waals surface area contributed by atoms with E-state index in [2.05, 4.69) is 34.9 Å². The predicted molar refractivity (Wildman–Crippen MR) is 113 cm³/mol. The molecule has 0 heterocycles. The van der Waals surface area contributed by atoms with E-state index in [1.54, 1.807) is 0 Å². The number of hydrogen-bond acceptors (Lipinski definition) is 2. The molecular formula is C25H18N2. The largest absolute Gasteiger partial charge is 0.378 e. The monoisotopic (exact) mass is 346 g/mol. The van der Waals surface area contributed by atoms with Crippen LogP contribution in [0.2, 0.25) is 0 Å². The van der Waals surface area contributed by atoms with Gasteiger partial charge in [-0.05, 0) is 35.0 Å². The fourth-order valence-corrected chi connectivity index (χ4v) is 3.36. The average molecular weight is 346 g/mol. The summed E-state index contributed by atoms with van der Waals surface area (Å²) in [5.41, 5.74) is 3.80. The molecule has 128 valence electrons. The lowest BCUT2D eigenvalue weighted by Crippen LogP contribution is -2.07. The molecule has 4 aromatic carbocycles. The van der Waals surface area contributed by atoms with E-state index < -0.39 is 0 Å². The highest BCUT2D eigenvalue weighted by molar-refractivity contribution is 6.09. The number of nitrogens with zero attached hydrogens (tertiary/aromatic N) is 2. The quantitative estimate of drug-likeness (QED) is 0.344. The summed E-state index contributed by atoms with van der Waals surface area (Å²) in [6.07, 6.45) is 0. The lowest BCUT2D eigenvalue weighted by atomic mass is 9.92. The Bertz CT molecular complexity index is 1190. The second kappa shape index (κ2) is 6.87. The molecule has 4 aromatic rings. The molecular weight excluding hydrogens is 328 g/mol. The third-order valence-corrected chi connectivity index (χ3v) is 4.76. The maximum atomic E-state index is 9.71. The first-order valence-corrected chi connectivity index (χ1v) is 8.82. The van der Waals surface area contributed by atoms with Gasteiger partial charge in [0.15, 0.2) is 0 Å². The van der Waals surface area contributed by atoms with Gasteiger partial charge in [-0.25, -0.2) is 0 Å². The van der Waals surface area contributed by atoms with Gasteiger partial charge in [-0.2, -0.15) is 5.26 Å². The molecule has 0 radical (unpaired) electrons. The second-order valence-corrected chi connectivity index (χ2v) is 6.64. The summed E-state index contributed by atoms with van der Waals surface area (Å²) in [5, 5.41) is 13.7. The van der Waals surface area contributed by atoms with Crippen molar-refractivity contribution in [2.45, 2.75) is 0 Å². The fourth-order valence-electron chi connectivity index (χ4n) is 3.36. The van der Waals surface area contributed by atoms with Gasteiger partial charge in [0.25, 0.3) is 0 Å². The predicted octanol–water partition coefficient (Wildman–Crippen LogP) is 5.33. The fraction of sp³-hybridized carbons (Fsp3) is 0.0800. The van der Waals surface area contributed by atoms with E-state index in [4.69, 9.17) is 0 Å². The molecule has 0 fully saturated rings. The summed E-state index contributed by atoms with van der Waals surface area (Å²) in [5.74, 6) is 6.67. The first kappa shape index (κ1) is 16.7. The highest BCUT2D eigenvalue weighted by Crippen LogP contribution is 2.32. The van der Waals surface area contributed by atoms with Gasteiger partial charge in [-0.3, -0.25) is 0 Å². The van der Waals surface area contributed by atoms with E-state index in [1.165, 1.54) is 0 Å². The zero-order valence-electron chi connectivity index (χ0n) is 15.3. The van der Waals surface area contributed by atoms with Crippen molar-refractivity contribution in [3.8, 4) is 17.9 Å². The maximum Gasteiger partial charge on any atom is 0.100 e. The SMILES string of the molecule is CN(C)c1ccc(C#Cc2c3ccccc3c(C#N)c3ccccc23)cc1. The summed E-state index contributed by atoms with van der Waals surface area (Å²) >= 11 is 0. The van der Waals surface area contributed by atoms with Crippen LogP contribution in [0.15, 0.2) is 72.8 Å². The van der Waals surface area contributed by atoms with Gasteiger partial charge in [0.05, 0.1) is 5.56 Å². The Hall–Kier alpha value is -3.75. The molecule has 4 rings (SSSR count). The third kappa shape index (κ3) is 2.99. The Kier molecular flexibility index (Phi) is 4.25. The third-order valence-electron chi connectivity index (χ3n) is 4.76. The van der Waals surface area contributed by atoms with E-state index >= 15 is 0 Å². The Balaban J connectivity index is 1.95. The molecule has 0 aromatic heterocycles. The van der Waals surface area contributed by atoms with Crippen molar-refractivity contribution in [1.82, 2.24) is 0 Å². The highest BCUT2D eigenvalue weighted by atomic mass is 15.1. The van der Waals surface area contributed by atoms with Gasteiger partial charge in [-0.1, -0.05) is 60.4 Å². The molecule has 0 unspecified atom stereocenters. The molecule has 0 amide bonds. The topological polar surface area (TPSA) is 27.0 Å². The number of nitriles is 1. The smallest absolute Gasteiger partial charge is 0.100 e. The number of fused-ring (bicyclic) bond motifs is 2. The Morgan fingerprint density at radius 1 is 0.630 bits per heavy atom. The minimum atomic E-state index is 0.710. The molecule has 0 spiro atoms. The summed E-state index contributed by atoms with van der Waals surface area (Å²) in [6.45, 7) is 0. The first-order chi connectivity index (χ1) is 13.2. The molecule has 0 aliphatic heterocycles. The second-order valence-electron chi connectivity index (χ2n) is 6.64. The van der Waals surface area contributed by atoms with Crippen LogP contribution in [0.25, 0.3) is 21.5 Å². The van der Waals surface area contributed by atoms with Crippen molar-refractivity contribution >= 4 is 27.2 Å². The normalized spacial score (nSPS) is 10.3. The maximum absolute atomic E-state index is 9.71. The molecule has 0 aliphatic rings. The molecule has 0 bridgehead atoms. The standard InChI is InChI=1S/C25H18N2/c1-27(2)19-14-11-18(12-15-19)13-16-24-20-7-3-5-9-22(20)25(17-26)23-10-6-4-8-21(23)24/h3-12,14-15H,1-2H3. The van der Waals surface area contributed by atoms with Crippen LogP contribution in [-0.4, -0.2) is 14.1 Å². The number of anilines is 1. The van der Waals surface area contributed by atoms with E-state index in [-0.39, 0.29) is 0 Å². The van der Waals surface area contributed by atoms with Crippen molar-refractivity contribution in [1.29, 1.82) is 5.26 Å². The Morgan fingerprint density at radius 2 is 1.11 bits per heavy atom. The van der Waals surface area contributed by atoms with Gasteiger partial charge in [0.1, 0.15) is 6.07 Å². The zero-order chi connectivity index (χ0) is 18.8. The number of hydrogen-bond donors (Lipinski definition) is 0. The van der Waals surface area contributed by atoms with Crippen molar-refractivity contribution in [2.24, 2.45) is 0 Å². The van der Waals surface area contributed by atoms with Crippen LogP contribution in [0.5, 0.6) is 0 Å². The molecule has 0 N–H and O–H groups in total. The Labute approximate surface area is 159 Å². The van der Waals surface area contributed by atoms with Crippen LogP contribution in [0, 0.1) is 23.2 Å². The van der Waals surface area contributed by atoms with Crippen LogP contribution in [0.3, 0.4) is 0 Å². The lowest BCUT2D eigenvalue weighted by Gasteiger charge is -2.11. The molecule has 27 heavy (non-hydrogen) atoms. The van der Waals surface area contributed by atoms with E-state index in [9.17, 15) is 5.26 Å². The van der Waals surface area contributed by atoms with Crippen LogP contribution in [0.4, 0.5) is 5.69 Å². The average Bonchev–Trinajstić information content (AvgIpc) is 2.71. The molecule has 0 aliphatic carbocycles. The van der Waals surface area contributed by atoms with Crippen LogP contribution >= 0.6 is 0 Å². The van der Waals surface area contributed by atoms with Gasteiger partial charge in [-0.15, -0.1) is 0 Å². The molecule has 0 saturated carbocycles. The van der Waals surface area contributed by atoms with E-state index in [0.29, 0.717) is 5.56 Å². The first-order valence-electron chi connectivity index (χ1n) is 8.82. The molecule has 0 saturated heterocycles. The van der Waals surface area contributed by atoms with Crippen molar-refractivity contribution < 1.29 is 0 Å². The Morgan fingerprint density at radius 3 is 1.56 bits per heavy atom. The lowest BCUT2D eigenvalue weighted by molar-refractivity contribution is 1.13. The molecule has 2 nitrogen and oxygen atoms in total. The van der Waals surface area contributed by atoms with E-state index in [1.807, 2.05) is 74.8 Å². The van der Waals surface area contributed by atoms with Crippen molar-refractivity contribution in [2.75, 3.05) is 19.0 Å². The summed E-state index contributed by atoms with van der Waals surface area (Å²) in [6, 6.07) is 26.6. The van der Waals surface area contributed by atoms with E-state index in [0.717, 1.165) is 38.4 Å². The number of benzene rings is 4. The number of rotatable bonds is 1. The summed E-state index contributed by atoms with van der Waals surface area (Å²) < 4.78 is 0. The molecule has 0 atom stereocenters. The van der Waals surface area contributed by atoms with Crippen molar-refractivity contribution in [3.05, 3.63) is 89.5 Å². The minimum absolute atomic E-state index is 0.710. The molecule has 2 heteroatoms. The van der Waals surface area contributed by atoms with Crippen molar-refractivity contribution in [3.63, 3.8) is 0 Å². The minimum Gasteiger partial charge on any atom is -0.378 e. The summed E-state index contributed by atoms with van der Waals surface area (Å²) in [7, 11) is 4.05. The van der Waals surface area contributed by atoms with Crippen LogP contribution in [-0.2, 0) is 0 Å². The van der Waals surface area contributed by atoms with Crippen LogP contribution in [0.1, 0.15) is 16.7 Å². The van der Waals surface area contributed by atoms with Gasteiger partial charge >= 0.3 is 0 Å². The van der Waals surface area contributed by atoms with Gasteiger partial charge in [0, 0.05) is 41.7 Å². The summed E-state index contributed by atoms with van der Waals surface area (Å²) in [4.78, 5) is 2.07. The zero-order valence-corrected chi connectivity index (χ0v) is 15.3. The van der Waals surface area contributed by atoms with Gasteiger partial charge in [0.2, 0.25) is 0 Å². The van der Waals surface area contributed by atoms with Gasteiger partial charge < -0.3 is 4.90 Å². The highest BCUT2D eigenvalue weighted by Gasteiger charge is 2.11. The van der Waals surface area contributed by atoms with Crippen LogP contribution < -0.4 is 4.90 Å².